The van der Waals surface area contributed by atoms with Gasteiger partial charge >= 0.3 is 0 Å². The second-order valence-corrected chi connectivity index (χ2v) is 5.18. The molecular formula is C12H21NS. The topological polar surface area (TPSA) is 12.0 Å². The van der Waals surface area contributed by atoms with Crippen LogP contribution < -0.4 is 5.32 Å². The van der Waals surface area contributed by atoms with Crippen LogP contribution in [-0.2, 0) is 0 Å². The predicted molar refractivity (Wildman–Crippen MR) is 65.6 cm³/mol. The van der Waals surface area contributed by atoms with Crippen molar-refractivity contribution in [2.75, 3.05) is 18.1 Å². The molecule has 0 saturated carbocycles. The van der Waals surface area contributed by atoms with Gasteiger partial charge in [0.2, 0.25) is 0 Å². The average molecular weight is 211 g/mol. The zero-order valence-corrected chi connectivity index (χ0v) is 9.91. The maximum atomic E-state index is 5.37. The lowest BCUT2D eigenvalue weighted by Crippen LogP contribution is -2.31. The van der Waals surface area contributed by atoms with E-state index in [-0.39, 0.29) is 0 Å². The van der Waals surface area contributed by atoms with Crippen LogP contribution in [0.5, 0.6) is 0 Å². The molecule has 0 aromatic carbocycles. The van der Waals surface area contributed by atoms with Crippen molar-refractivity contribution < 1.29 is 0 Å². The van der Waals surface area contributed by atoms with Crippen LogP contribution in [0.1, 0.15) is 32.6 Å². The van der Waals surface area contributed by atoms with E-state index in [1.807, 2.05) is 0 Å². The summed E-state index contributed by atoms with van der Waals surface area (Å²) in [6.07, 6.45) is 10.3. The molecule has 1 nitrogen and oxygen atoms in total. The summed E-state index contributed by atoms with van der Waals surface area (Å²) in [5.74, 6) is 6.38. The first-order valence-corrected chi connectivity index (χ1v) is 6.76. The molecule has 0 spiro atoms. The minimum absolute atomic E-state index is 0.554. The Bertz CT molecular complexity index is 179. The molecule has 1 heterocycles. The second-order valence-electron chi connectivity index (χ2n) is 3.95. The molecule has 1 aliphatic rings. The third-order valence-electron chi connectivity index (χ3n) is 2.82. The first-order valence-electron chi connectivity index (χ1n) is 5.61. The molecule has 1 aliphatic heterocycles. The molecular weight excluding hydrogens is 190 g/mol. The maximum Gasteiger partial charge on any atom is 0.0240 e. The van der Waals surface area contributed by atoms with Gasteiger partial charge in [-0.15, -0.1) is 12.3 Å². The summed E-state index contributed by atoms with van der Waals surface area (Å²) in [6, 6.07) is 0.554. The number of thioether (sulfide) groups is 1. The summed E-state index contributed by atoms with van der Waals surface area (Å²) in [4.78, 5) is 0. The molecule has 0 aliphatic carbocycles. The highest BCUT2D eigenvalue weighted by Gasteiger charge is 2.17. The number of nitrogens with one attached hydrogen (secondary N) is 1. The molecule has 0 aromatic heterocycles. The summed E-state index contributed by atoms with van der Waals surface area (Å²) >= 11 is 2.09. The van der Waals surface area contributed by atoms with Gasteiger partial charge in [-0.2, -0.15) is 11.8 Å². The molecule has 14 heavy (non-hydrogen) atoms. The smallest absolute Gasteiger partial charge is 0.0240 e. The summed E-state index contributed by atoms with van der Waals surface area (Å²) in [6.45, 7) is 3.19. The molecule has 80 valence electrons. The lowest BCUT2D eigenvalue weighted by molar-refractivity contribution is 0.371. The minimum atomic E-state index is 0.554. The van der Waals surface area contributed by atoms with Crippen molar-refractivity contribution in [2.24, 2.45) is 5.92 Å². The van der Waals surface area contributed by atoms with Gasteiger partial charge in [-0.3, -0.25) is 0 Å². The van der Waals surface area contributed by atoms with Crippen molar-refractivity contribution in [2.45, 2.75) is 38.6 Å². The standard InChI is InChI=1S/C12H21NS/c1-3-5-12(13-4-2)10-11-6-8-14-9-7-11/h1,11-13H,4-10H2,2H3. The molecule has 0 bridgehead atoms. The largest absolute Gasteiger partial charge is 0.313 e. The SMILES string of the molecule is C#CCC(CC1CCSCC1)NCC. The van der Waals surface area contributed by atoms with Gasteiger partial charge in [0.05, 0.1) is 0 Å². The van der Waals surface area contributed by atoms with Gasteiger partial charge in [-0.25, -0.2) is 0 Å². The zero-order chi connectivity index (χ0) is 10.2. The Balaban J connectivity index is 2.26. The first kappa shape index (κ1) is 11.9. The maximum absolute atomic E-state index is 5.37. The number of rotatable bonds is 5. The Hall–Kier alpha value is -0.130. The van der Waals surface area contributed by atoms with E-state index in [9.17, 15) is 0 Å². The highest BCUT2D eigenvalue weighted by atomic mass is 32.2. The Morgan fingerprint density at radius 1 is 1.50 bits per heavy atom. The van der Waals surface area contributed by atoms with Crippen LogP contribution in [0, 0.1) is 18.3 Å². The number of hydrogen-bond acceptors (Lipinski definition) is 2. The van der Waals surface area contributed by atoms with Crippen molar-refractivity contribution in [1.29, 1.82) is 0 Å². The third kappa shape index (κ3) is 4.39. The molecule has 0 radical (unpaired) electrons. The summed E-state index contributed by atoms with van der Waals surface area (Å²) in [5.41, 5.74) is 0. The highest BCUT2D eigenvalue weighted by Crippen LogP contribution is 2.26. The molecule has 1 N–H and O–H groups in total. The molecule has 0 aromatic rings. The summed E-state index contributed by atoms with van der Waals surface area (Å²) < 4.78 is 0. The molecule has 1 rings (SSSR count). The predicted octanol–water partition coefficient (Wildman–Crippen LogP) is 2.52. The lowest BCUT2D eigenvalue weighted by atomic mass is 9.93. The zero-order valence-electron chi connectivity index (χ0n) is 9.09. The third-order valence-corrected chi connectivity index (χ3v) is 3.86. The normalized spacial score (nSPS) is 20.3. The summed E-state index contributed by atoms with van der Waals surface area (Å²) in [7, 11) is 0. The van der Waals surface area contributed by atoms with Crippen LogP contribution in [0.15, 0.2) is 0 Å². The molecule has 0 amide bonds. The Morgan fingerprint density at radius 3 is 2.79 bits per heavy atom. The van der Waals surface area contributed by atoms with Gasteiger partial charge in [0.25, 0.3) is 0 Å². The van der Waals surface area contributed by atoms with E-state index in [4.69, 9.17) is 6.42 Å². The molecule has 1 fully saturated rings. The van der Waals surface area contributed by atoms with Crippen molar-refractivity contribution in [3.63, 3.8) is 0 Å². The fourth-order valence-electron chi connectivity index (χ4n) is 2.05. The monoisotopic (exact) mass is 211 g/mol. The van der Waals surface area contributed by atoms with Gasteiger partial charge < -0.3 is 5.32 Å². The fourth-order valence-corrected chi connectivity index (χ4v) is 3.26. The van der Waals surface area contributed by atoms with E-state index in [0.29, 0.717) is 6.04 Å². The van der Waals surface area contributed by atoms with E-state index in [1.165, 1.54) is 30.8 Å². The number of hydrogen-bond donors (Lipinski definition) is 1. The van der Waals surface area contributed by atoms with Gasteiger partial charge in [-0.05, 0) is 43.2 Å². The summed E-state index contributed by atoms with van der Waals surface area (Å²) in [5, 5.41) is 3.48. The van der Waals surface area contributed by atoms with Crippen LogP contribution in [0.3, 0.4) is 0 Å². The minimum Gasteiger partial charge on any atom is -0.313 e. The lowest BCUT2D eigenvalue weighted by Gasteiger charge is -2.25. The number of terminal acetylenes is 1. The van der Waals surface area contributed by atoms with E-state index in [0.717, 1.165) is 18.9 Å². The van der Waals surface area contributed by atoms with Crippen LogP contribution in [-0.4, -0.2) is 24.1 Å². The molecule has 1 saturated heterocycles. The van der Waals surface area contributed by atoms with Crippen molar-refractivity contribution >= 4 is 11.8 Å². The van der Waals surface area contributed by atoms with Crippen molar-refractivity contribution in [1.82, 2.24) is 5.32 Å². The molecule has 1 atom stereocenters. The van der Waals surface area contributed by atoms with Gasteiger partial charge in [0.1, 0.15) is 0 Å². The van der Waals surface area contributed by atoms with Gasteiger partial charge in [0, 0.05) is 12.5 Å². The molecule has 1 unspecified atom stereocenters. The van der Waals surface area contributed by atoms with E-state index < -0.39 is 0 Å². The fraction of sp³-hybridized carbons (Fsp3) is 0.833. The van der Waals surface area contributed by atoms with Gasteiger partial charge in [0.15, 0.2) is 0 Å². The molecule has 2 heteroatoms. The average Bonchev–Trinajstić information content (AvgIpc) is 2.20. The van der Waals surface area contributed by atoms with E-state index in [1.54, 1.807) is 0 Å². The Labute approximate surface area is 92.4 Å². The quantitative estimate of drug-likeness (QED) is 0.701. The first-order chi connectivity index (χ1) is 6.86. The van der Waals surface area contributed by atoms with Gasteiger partial charge in [-0.1, -0.05) is 6.92 Å². The van der Waals surface area contributed by atoms with Crippen LogP contribution >= 0.6 is 11.8 Å². The second kappa shape index (κ2) is 7.20. The van der Waals surface area contributed by atoms with Crippen LogP contribution in [0.4, 0.5) is 0 Å². The van der Waals surface area contributed by atoms with Crippen molar-refractivity contribution in [3.05, 3.63) is 0 Å². The highest BCUT2D eigenvalue weighted by molar-refractivity contribution is 7.99. The van der Waals surface area contributed by atoms with E-state index >= 15 is 0 Å². The van der Waals surface area contributed by atoms with Crippen LogP contribution in [0.25, 0.3) is 0 Å². The Kier molecular flexibility index (Phi) is 6.14. The van der Waals surface area contributed by atoms with E-state index in [2.05, 4.69) is 29.9 Å². The Morgan fingerprint density at radius 2 is 2.21 bits per heavy atom. The van der Waals surface area contributed by atoms with Crippen LogP contribution in [0.2, 0.25) is 0 Å². The van der Waals surface area contributed by atoms with Crippen molar-refractivity contribution in [3.8, 4) is 12.3 Å².